The van der Waals surface area contributed by atoms with Gasteiger partial charge in [-0.05, 0) is 62.2 Å². The number of hydrogen-bond acceptors (Lipinski definition) is 5. The summed E-state index contributed by atoms with van der Waals surface area (Å²) in [4.78, 5) is 26.2. The fraction of sp³-hybridized carbons (Fsp3) is 0.333. The first-order valence-corrected chi connectivity index (χ1v) is 12.2. The number of carbonyl (C=O) groups excluding carboxylic acids is 2. The number of benzene rings is 2. The lowest BCUT2D eigenvalue weighted by Crippen LogP contribution is -2.39. The van der Waals surface area contributed by atoms with E-state index in [1.165, 1.54) is 48.4 Å². The molecule has 2 rings (SSSR count). The highest BCUT2D eigenvalue weighted by atomic mass is 32.2. The van der Waals surface area contributed by atoms with Gasteiger partial charge in [-0.2, -0.15) is 0 Å². The van der Waals surface area contributed by atoms with Crippen molar-refractivity contribution in [1.29, 1.82) is 0 Å². The molecule has 0 aliphatic carbocycles. The Morgan fingerprint density at radius 3 is 2.41 bits per heavy atom. The minimum absolute atomic E-state index is 0.0363. The summed E-state index contributed by atoms with van der Waals surface area (Å²) in [5.74, 6) is -0.933. The molecule has 8 nitrogen and oxygen atoms in total. The number of ether oxygens (including phenoxy) is 1. The lowest BCUT2D eigenvalue weighted by atomic mass is 10.2. The molecule has 0 aromatic heterocycles. The van der Waals surface area contributed by atoms with E-state index in [4.69, 9.17) is 4.74 Å². The lowest BCUT2D eigenvalue weighted by Gasteiger charge is -2.18. The summed E-state index contributed by atoms with van der Waals surface area (Å²) in [5, 5.41) is 2.70. The summed E-state index contributed by atoms with van der Waals surface area (Å²) in [5.41, 5.74) is 1.22. The largest absolute Gasteiger partial charge is 0.495 e. The maximum atomic E-state index is 13.0. The van der Waals surface area contributed by atoms with Crippen LogP contribution in [0.2, 0.25) is 0 Å². The fourth-order valence-corrected chi connectivity index (χ4v) is 4.49. The summed E-state index contributed by atoms with van der Waals surface area (Å²) in [6.07, 6.45) is 2.76. The van der Waals surface area contributed by atoms with Crippen molar-refractivity contribution in [2.75, 3.05) is 20.2 Å². The quantitative estimate of drug-likeness (QED) is 0.471. The second-order valence-electron chi connectivity index (χ2n) is 7.78. The van der Waals surface area contributed by atoms with E-state index in [9.17, 15) is 22.4 Å². The van der Waals surface area contributed by atoms with Crippen LogP contribution in [0.15, 0.2) is 53.4 Å². The van der Waals surface area contributed by atoms with Crippen molar-refractivity contribution in [3.63, 3.8) is 0 Å². The molecule has 2 amide bonds. The number of halogens is 1. The SMILES string of the molecule is CCN(CC(=O)NCc1ccc(F)cc1)C(=O)/C=C/c1ccc(OC)c(S(=O)(=O)NC(C)C)c1. The number of amides is 2. The zero-order chi connectivity index (χ0) is 25.3. The summed E-state index contributed by atoms with van der Waals surface area (Å²) >= 11 is 0. The molecule has 2 N–H and O–H groups in total. The number of nitrogens with zero attached hydrogens (tertiary/aromatic N) is 1. The van der Waals surface area contributed by atoms with Gasteiger partial charge >= 0.3 is 0 Å². The van der Waals surface area contributed by atoms with Crippen LogP contribution in [0.3, 0.4) is 0 Å². The van der Waals surface area contributed by atoms with Crippen LogP contribution in [-0.4, -0.2) is 51.4 Å². The Morgan fingerprint density at radius 2 is 1.82 bits per heavy atom. The number of methoxy groups -OCH3 is 1. The summed E-state index contributed by atoms with van der Waals surface area (Å²) in [7, 11) is -2.43. The van der Waals surface area contributed by atoms with E-state index in [2.05, 4.69) is 10.0 Å². The molecule has 34 heavy (non-hydrogen) atoms. The number of likely N-dealkylation sites (N-methyl/N-ethyl adjacent to an activating group) is 1. The maximum Gasteiger partial charge on any atom is 0.247 e. The van der Waals surface area contributed by atoms with Crippen LogP contribution < -0.4 is 14.8 Å². The number of sulfonamides is 1. The van der Waals surface area contributed by atoms with Crippen LogP contribution in [0.25, 0.3) is 6.08 Å². The van der Waals surface area contributed by atoms with Gasteiger partial charge in [0.2, 0.25) is 21.8 Å². The molecule has 0 saturated carbocycles. The van der Waals surface area contributed by atoms with Gasteiger partial charge in [-0.3, -0.25) is 9.59 Å². The van der Waals surface area contributed by atoms with E-state index in [0.717, 1.165) is 5.56 Å². The summed E-state index contributed by atoms with van der Waals surface area (Å²) < 4.78 is 45.9. The lowest BCUT2D eigenvalue weighted by molar-refractivity contribution is -0.132. The van der Waals surface area contributed by atoms with E-state index < -0.39 is 15.9 Å². The summed E-state index contributed by atoms with van der Waals surface area (Å²) in [6, 6.07) is 10.0. The first-order chi connectivity index (χ1) is 16.1. The van der Waals surface area contributed by atoms with Crippen LogP contribution in [-0.2, 0) is 26.2 Å². The van der Waals surface area contributed by atoms with E-state index >= 15 is 0 Å². The average Bonchev–Trinajstić information content (AvgIpc) is 2.79. The standard InChI is InChI=1S/C24H30FN3O5S/c1-5-28(16-23(29)26-15-19-6-10-20(25)11-7-19)24(30)13-9-18-8-12-21(33-4)22(14-18)34(31,32)27-17(2)3/h6-14,17,27H,5,15-16H2,1-4H3,(H,26,29)/b13-9+. The highest BCUT2D eigenvalue weighted by Crippen LogP contribution is 2.25. The van der Waals surface area contributed by atoms with Crippen molar-refractivity contribution in [3.05, 3.63) is 65.5 Å². The van der Waals surface area contributed by atoms with Gasteiger partial charge in [0.15, 0.2) is 0 Å². The van der Waals surface area contributed by atoms with Crippen LogP contribution in [0.1, 0.15) is 31.9 Å². The maximum absolute atomic E-state index is 13.0. The van der Waals surface area contributed by atoms with Crippen molar-refractivity contribution in [3.8, 4) is 5.75 Å². The second-order valence-corrected chi connectivity index (χ2v) is 9.46. The Bertz CT molecular complexity index is 1130. The van der Waals surface area contributed by atoms with Crippen molar-refractivity contribution in [1.82, 2.24) is 14.9 Å². The van der Waals surface area contributed by atoms with Gasteiger partial charge in [0, 0.05) is 25.2 Å². The Balaban J connectivity index is 2.06. The predicted molar refractivity (Wildman–Crippen MR) is 128 cm³/mol. The highest BCUT2D eigenvalue weighted by molar-refractivity contribution is 7.89. The van der Waals surface area contributed by atoms with E-state index in [1.54, 1.807) is 39.0 Å². The minimum Gasteiger partial charge on any atom is -0.495 e. The Kier molecular flexibility index (Phi) is 9.76. The molecule has 0 fully saturated rings. The van der Waals surface area contributed by atoms with Crippen LogP contribution >= 0.6 is 0 Å². The molecule has 0 unspecified atom stereocenters. The third kappa shape index (κ3) is 7.96. The molecule has 0 aliphatic heterocycles. The van der Waals surface area contributed by atoms with Gasteiger partial charge in [0.1, 0.15) is 16.5 Å². The van der Waals surface area contributed by atoms with Gasteiger partial charge in [-0.25, -0.2) is 17.5 Å². The highest BCUT2D eigenvalue weighted by Gasteiger charge is 2.21. The van der Waals surface area contributed by atoms with E-state index in [1.807, 2.05) is 0 Å². The topological polar surface area (TPSA) is 105 Å². The monoisotopic (exact) mass is 491 g/mol. The average molecular weight is 492 g/mol. The molecule has 10 heteroatoms. The van der Waals surface area contributed by atoms with Crippen molar-refractivity contribution in [2.24, 2.45) is 0 Å². The molecular formula is C24H30FN3O5S. The van der Waals surface area contributed by atoms with Gasteiger partial charge in [0.05, 0.1) is 13.7 Å². The minimum atomic E-state index is -3.81. The van der Waals surface area contributed by atoms with E-state index in [-0.39, 0.29) is 41.5 Å². The Morgan fingerprint density at radius 1 is 1.15 bits per heavy atom. The van der Waals surface area contributed by atoms with Crippen LogP contribution in [0, 0.1) is 5.82 Å². The molecule has 0 bridgehead atoms. The van der Waals surface area contributed by atoms with Crippen LogP contribution in [0.5, 0.6) is 5.75 Å². The molecule has 0 radical (unpaired) electrons. The van der Waals surface area contributed by atoms with Gasteiger partial charge in [-0.1, -0.05) is 18.2 Å². The van der Waals surface area contributed by atoms with Gasteiger partial charge in [0.25, 0.3) is 0 Å². The molecule has 184 valence electrons. The van der Waals surface area contributed by atoms with Crippen molar-refractivity contribution >= 4 is 27.9 Å². The molecule has 0 heterocycles. The Labute approximate surface area is 199 Å². The second kappa shape index (κ2) is 12.3. The predicted octanol–water partition coefficient (Wildman–Crippen LogP) is 2.70. The normalized spacial score (nSPS) is 11.6. The zero-order valence-electron chi connectivity index (χ0n) is 19.7. The van der Waals surface area contributed by atoms with E-state index in [0.29, 0.717) is 12.1 Å². The number of hydrogen-bond donors (Lipinski definition) is 2. The number of carbonyl (C=O) groups is 2. The van der Waals surface area contributed by atoms with Crippen LogP contribution in [0.4, 0.5) is 4.39 Å². The van der Waals surface area contributed by atoms with Gasteiger partial charge < -0.3 is 15.0 Å². The number of nitrogens with one attached hydrogen (secondary N) is 2. The van der Waals surface area contributed by atoms with Crippen molar-refractivity contribution in [2.45, 2.75) is 38.3 Å². The third-order valence-corrected chi connectivity index (χ3v) is 6.40. The third-order valence-electron chi connectivity index (χ3n) is 4.72. The summed E-state index contributed by atoms with van der Waals surface area (Å²) in [6.45, 7) is 5.53. The molecule has 0 atom stereocenters. The molecule has 0 aliphatic rings. The number of rotatable bonds is 11. The molecule has 0 spiro atoms. The molecule has 2 aromatic rings. The molecule has 2 aromatic carbocycles. The molecule has 0 saturated heterocycles. The van der Waals surface area contributed by atoms with Crippen molar-refractivity contribution < 1.29 is 27.1 Å². The smallest absolute Gasteiger partial charge is 0.247 e. The first kappa shape index (κ1) is 27.0. The zero-order valence-corrected chi connectivity index (χ0v) is 20.5. The fourth-order valence-electron chi connectivity index (χ4n) is 3.03. The molecular weight excluding hydrogens is 461 g/mol. The van der Waals surface area contributed by atoms with Gasteiger partial charge in [-0.15, -0.1) is 0 Å². The first-order valence-electron chi connectivity index (χ1n) is 10.7. The Hall–Kier alpha value is -3.24.